The summed E-state index contributed by atoms with van der Waals surface area (Å²) in [6.07, 6.45) is 1.48. The van der Waals surface area contributed by atoms with Crippen LogP contribution in [0, 0.1) is 17.1 Å². The van der Waals surface area contributed by atoms with Crippen molar-refractivity contribution in [2.45, 2.75) is 44.7 Å². The van der Waals surface area contributed by atoms with Gasteiger partial charge in [-0.1, -0.05) is 48.9 Å². The van der Waals surface area contributed by atoms with Crippen LogP contribution >= 0.6 is 22.9 Å². The van der Waals surface area contributed by atoms with E-state index in [9.17, 15) is 19.1 Å². The van der Waals surface area contributed by atoms with E-state index < -0.39 is 35.6 Å². The maximum absolute atomic E-state index is 14.5. The molecule has 264 valence electrons. The van der Waals surface area contributed by atoms with Crippen LogP contribution in [0.25, 0.3) is 11.3 Å². The number of likely N-dealkylation sites (N-methyl/N-ethyl adjacent to an activating group) is 1. The van der Waals surface area contributed by atoms with Gasteiger partial charge in [0, 0.05) is 46.5 Å². The second kappa shape index (κ2) is 16.2. The standard InChI is InChI=1S/C36H36ClFN7O5S/c1-23(34-42-31(19-51-34)26-10-8-25(16-39)9-11-26)36(48,28-6-5-7-30(38)14-28)20-45-22-44(21-41-45)24(2)50-35(47)43(4)32-15-29(37)13-12-27(32)18-49-33(46)17-40-3/h5-15,19,21-24,40,48H,17-18,20H2,1-4H3/q+1. The van der Waals surface area contributed by atoms with Crippen LogP contribution in [0.3, 0.4) is 0 Å². The first-order valence-electron chi connectivity index (χ1n) is 15.8. The summed E-state index contributed by atoms with van der Waals surface area (Å²) < 4.78 is 28.6. The number of halogens is 2. The first-order chi connectivity index (χ1) is 24.4. The van der Waals surface area contributed by atoms with E-state index in [1.165, 1.54) is 52.5 Å². The minimum absolute atomic E-state index is 0.0352. The van der Waals surface area contributed by atoms with Gasteiger partial charge >= 0.3 is 12.1 Å². The van der Waals surface area contributed by atoms with Gasteiger partial charge in [-0.2, -0.15) is 9.83 Å². The highest BCUT2D eigenvalue weighted by Gasteiger charge is 2.42. The number of hydrogen-bond acceptors (Lipinski definition) is 10. The summed E-state index contributed by atoms with van der Waals surface area (Å²) in [6, 6.07) is 19.8. The molecule has 0 saturated heterocycles. The predicted octanol–water partition coefficient (Wildman–Crippen LogP) is 5.70. The largest absolute Gasteiger partial charge is 0.460 e. The van der Waals surface area contributed by atoms with Crippen LogP contribution in [0.5, 0.6) is 0 Å². The second-order valence-corrected chi connectivity index (χ2v) is 13.1. The quantitative estimate of drug-likeness (QED) is 0.115. The Morgan fingerprint density at radius 3 is 2.67 bits per heavy atom. The molecular weight excluding hydrogens is 697 g/mol. The molecule has 3 atom stereocenters. The molecule has 0 radical (unpaired) electrons. The topological polar surface area (TPSA) is 146 Å². The molecule has 1 amide bonds. The molecule has 2 N–H and O–H groups in total. The van der Waals surface area contributed by atoms with E-state index in [-0.39, 0.29) is 19.7 Å². The zero-order chi connectivity index (χ0) is 36.7. The molecule has 2 aromatic heterocycles. The molecule has 0 aliphatic heterocycles. The predicted molar refractivity (Wildman–Crippen MR) is 188 cm³/mol. The third kappa shape index (κ3) is 8.76. The monoisotopic (exact) mass is 732 g/mol. The summed E-state index contributed by atoms with van der Waals surface area (Å²) in [5, 5.41) is 31.5. The van der Waals surface area contributed by atoms with Gasteiger partial charge < -0.3 is 19.9 Å². The summed E-state index contributed by atoms with van der Waals surface area (Å²) in [7, 11) is 3.14. The maximum Gasteiger partial charge on any atom is 0.416 e. The number of carbonyl (C=O) groups is 2. The van der Waals surface area contributed by atoms with E-state index in [0.29, 0.717) is 38.1 Å². The number of anilines is 1. The first-order valence-corrected chi connectivity index (χ1v) is 17.1. The lowest BCUT2D eigenvalue weighted by Gasteiger charge is -2.31. The smallest absolute Gasteiger partial charge is 0.416 e. The second-order valence-electron chi connectivity index (χ2n) is 11.8. The summed E-state index contributed by atoms with van der Waals surface area (Å²) in [5.41, 5.74) is 1.66. The normalized spacial score (nSPS) is 13.5. The van der Waals surface area contributed by atoms with E-state index in [1.54, 1.807) is 61.3 Å². The van der Waals surface area contributed by atoms with Crippen molar-refractivity contribution in [3.63, 3.8) is 0 Å². The number of hydrogen-bond donors (Lipinski definition) is 2. The Kier molecular flexibility index (Phi) is 11.8. The lowest BCUT2D eigenvalue weighted by molar-refractivity contribution is -0.753. The van der Waals surface area contributed by atoms with Crippen molar-refractivity contribution in [2.24, 2.45) is 0 Å². The van der Waals surface area contributed by atoms with E-state index in [0.717, 1.165) is 5.56 Å². The number of carbonyl (C=O) groups excluding carboxylic acids is 2. The molecule has 5 rings (SSSR count). The van der Waals surface area contributed by atoms with Crippen molar-refractivity contribution < 1.29 is 33.1 Å². The number of nitrogens with one attached hydrogen (secondary N) is 1. The average molecular weight is 733 g/mol. The molecular formula is C36H36ClFN7O5S+. The van der Waals surface area contributed by atoms with Crippen LogP contribution < -0.4 is 14.8 Å². The van der Waals surface area contributed by atoms with Crippen LogP contribution in [-0.2, 0) is 33.0 Å². The Labute approximate surface area is 303 Å². The highest BCUT2D eigenvalue weighted by atomic mass is 35.5. The van der Waals surface area contributed by atoms with Gasteiger partial charge in [0.05, 0.1) is 34.6 Å². The SMILES string of the molecule is CNCC(=O)OCc1ccc(Cl)cc1N(C)C(=O)OC(C)[n+]1cnn(CC(O)(c2cccc(F)c2)C(C)c2nc(-c3ccc(C#N)cc3)cs2)c1. The van der Waals surface area contributed by atoms with Gasteiger partial charge in [-0.05, 0) is 49.0 Å². The molecule has 12 nitrogen and oxygen atoms in total. The number of nitrogens with zero attached hydrogens (tertiary/aromatic N) is 6. The Bertz CT molecular complexity index is 2050. The summed E-state index contributed by atoms with van der Waals surface area (Å²) in [4.78, 5) is 31.2. The van der Waals surface area contributed by atoms with Crippen molar-refractivity contribution in [1.82, 2.24) is 20.1 Å². The van der Waals surface area contributed by atoms with Gasteiger partial charge in [0.2, 0.25) is 12.6 Å². The summed E-state index contributed by atoms with van der Waals surface area (Å²) >= 11 is 7.59. The number of rotatable bonds is 13. The zero-order valence-electron chi connectivity index (χ0n) is 28.3. The Balaban J connectivity index is 1.33. The first kappa shape index (κ1) is 37.1. The minimum Gasteiger partial charge on any atom is -0.460 e. The number of esters is 1. The van der Waals surface area contributed by atoms with Gasteiger partial charge in [-0.3, -0.25) is 9.69 Å². The van der Waals surface area contributed by atoms with Crippen LogP contribution in [0.15, 0.2) is 84.8 Å². The molecule has 15 heteroatoms. The van der Waals surface area contributed by atoms with Crippen molar-refractivity contribution in [3.8, 4) is 17.3 Å². The molecule has 0 bridgehead atoms. The highest BCUT2D eigenvalue weighted by molar-refractivity contribution is 7.10. The Hall–Kier alpha value is -5.20. The number of ether oxygens (including phenoxy) is 2. The lowest BCUT2D eigenvalue weighted by Crippen LogP contribution is -2.42. The Morgan fingerprint density at radius 2 is 1.96 bits per heavy atom. The molecule has 3 aromatic carbocycles. The molecule has 0 fully saturated rings. The summed E-state index contributed by atoms with van der Waals surface area (Å²) in [6.45, 7) is 3.34. The van der Waals surface area contributed by atoms with Gasteiger partial charge in [0.1, 0.15) is 24.6 Å². The highest BCUT2D eigenvalue weighted by Crippen LogP contribution is 2.40. The van der Waals surface area contributed by atoms with Crippen LogP contribution in [-0.4, -0.2) is 52.6 Å². The van der Waals surface area contributed by atoms with Crippen LogP contribution in [0.1, 0.15) is 47.7 Å². The van der Waals surface area contributed by atoms with Gasteiger partial charge in [-0.25, -0.2) is 14.2 Å². The number of thiazole rings is 1. The van der Waals surface area contributed by atoms with E-state index >= 15 is 0 Å². The fourth-order valence-corrected chi connectivity index (χ4v) is 6.48. The van der Waals surface area contributed by atoms with Gasteiger partial charge in [0.25, 0.3) is 6.33 Å². The van der Waals surface area contributed by atoms with Gasteiger partial charge in [-0.15, -0.1) is 16.0 Å². The van der Waals surface area contributed by atoms with Crippen molar-refractivity contribution in [1.29, 1.82) is 5.26 Å². The Morgan fingerprint density at radius 1 is 1.20 bits per heavy atom. The van der Waals surface area contributed by atoms with Crippen molar-refractivity contribution >= 4 is 40.7 Å². The van der Waals surface area contributed by atoms with Crippen molar-refractivity contribution in [2.75, 3.05) is 25.5 Å². The third-order valence-corrected chi connectivity index (χ3v) is 9.59. The maximum atomic E-state index is 14.5. The molecule has 0 saturated carbocycles. The van der Waals surface area contributed by atoms with Crippen LogP contribution in [0.4, 0.5) is 14.9 Å². The number of benzene rings is 3. The fraction of sp³-hybridized carbons (Fsp3) is 0.278. The average Bonchev–Trinajstić information content (AvgIpc) is 3.81. The number of aromatic nitrogens is 4. The number of aliphatic hydroxyl groups is 1. The molecule has 5 aromatic rings. The fourth-order valence-electron chi connectivity index (χ4n) is 5.34. The number of nitriles is 1. The molecule has 0 aliphatic rings. The molecule has 3 unspecified atom stereocenters. The third-order valence-electron chi connectivity index (χ3n) is 8.33. The lowest BCUT2D eigenvalue weighted by atomic mass is 9.82. The number of amides is 1. The van der Waals surface area contributed by atoms with E-state index in [1.807, 2.05) is 24.4 Å². The zero-order valence-corrected chi connectivity index (χ0v) is 29.9. The van der Waals surface area contributed by atoms with Crippen LogP contribution in [0.2, 0.25) is 5.02 Å². The molecule has 51 heavy (non-hydrogen) atoms. The summed E-state index contributed by atoms with van der Waals surface area (Å²) in [5.74, 6) is -1.57. The van der Waals surface area contributed by atoms with Gasteiger partial charge in [0.15, 0.2) is 0 Å². The molecule has 0 aliphatic carbocycles. The molecule has 0 spiro atoms. The minimum atomic E-state index is -1.66. The van der Waals surface area contributed by atoms with Crippen molar-refractivity contribution in [3.05, 3.63) is 117 Å². The van der Waals surface area contributed by atoms with E-state index in [2.05, 4.69) is 16.5 Å². The molecule has 2 heterocycles. The van der Waals surface area contributed by atoms with E-state index in [4.69, 9.17) is 31.3 Å².